The zero-order valence-corrected chi connectivity index (χ0v) is 14.3. The van der Waals surface area contributed by atoms with E-state index < -0.39 is 0 Å². The fourth-order valence-corrected chi connectivity index (χ4v) is 2.82. The fourth-order valence-electron chi connectivity index (χ4n) is 2.82. The summed E-state index contributed by atoms with van der Waals surface area (Å²) in [6.07, 6.45) is 2.34. The first-order valence-corrected chi connectivity index (χ1v) is 8.22. The van der Waals surface area contributed by atoms with Gasteiger partial charge in [0, 0.05) is 37.9 Å². The van der Waals surface area contributed by atoms with Gasteiger partial charge in [0.05, 0.1) is 12.2 Å². The lowest BCUT2D eigenvalue weighted by atomic mass is 10.0. The monoisotopic (exact) mass is 303 g/mol. The number of guanidine groups is 1. The molecule has 2 N–H and O–H groups in total. The van der Waals surface area contributed by atoms with Gasteiger partial charge < -0.3 is 15.5 Å². The van der Waals surface area contributed by atoms with Gasteiger partial charge >= 0.3 is 0 Å². The summed E-state index contributed by atoms with van der Waals surface area (Å²) in [5.41, 5.74) is 2.08. The van der Waals surface area contributed by atoms with Crippen LogP contribution in [0.4, 0.5) is 0 Å². The number of pyridine rings is 1. The average molecular weight is 303 g/mol. The summed E-state index contributed by atoms with van der Waals surface area (Å²) >= 11 is 0. The van der Waals surface area contributed by atoms with Gasteiger partial charge in [-0.3, -0.25) is 9.98 Å². The summed E-state index contributed by atoms with van der Waals surface area (Å²) in [5.74, 6) is 0.867. The molecule has 0 atom stereocenters. The molecule has 0 spiro atoms. The second kappa shape index (κ2) is 8.13. The number of nitrogens with zero attached hydrogens (tertiary/aromatic N) is 3. The van der Waals surface area contributed by atoms with Crippen LogP contribution in [-0.2, 0) is 6.54 Å². The summed E-state index contributed by atoms with van der Waals surface area (Å²) in [6, 6.07) is 7.24. The van der Waals surface area contributed by atoms with Crippen molar-refractivity contribution in [2.75, 3.05) is 20.1 Å². The molecule has 1 aromatic rings. The highest BCUT2D eigenvalue weighted by atomic mass is 15.2. The molecule has 122 valence electrons. The maximum atomic E-state index is 4.50. The van der Waals surface area contributed by atoms with E-state index in [-0.39, 0.29) is 0 Å². The number of nitrogens with one attached hydrogen (secondary N) is 2. The van der Waals surface area contributed by atoms with Crippen LogP contribution in [0.5, 0.6) is 0 Å². The van der Waals surface area contributed by atoms with E-state index in [9.17, 15) is 0 Å². The van der Waals surface area contributed by atoms with Crippen molar-refractivity contribution in [2.45, 2.75) is 52.2 Å². The first-order valence-electron chi connectivity index (χ1n) is 8.22. The second-order valence-electron chi connectivity index (χ2n) is 6.24. The standard InChI is InChI=1S/C17H29N5/c1-13(2)22-10-8-15(9-11-22)21-17(18-4)19-12-16-7-5-6-14(3)20-16/h5-7,13,15H,8-12H2,1-4H3,(H2,18,19,21). The number of hydrogen-bond acceptors (Lipinski definition) is 3. The molecule has 1 aromatic heterocycles. The molecule has 1 saturated heterocycles. The molecule has 1 aliphatic rings. The smallest absolute Gasteiger partial charge is 0.191 e. The van der Waals surface area contributed by atoms with E-state index in [1.54, 1.807) is 0 Å². The molecule has 0 unspecified atom stereocenters. The minimum atomic E-state index is 0.506. The molecule has 0 amide bonds. The van der Waals surface area contributed by atoms with E-state index in [4.69, 9.17) is 0 Å². The van der Waals surface area contributed by atoms with Crippen molar-refractivity contribution < 1.29 is 0 Å². The summed E-state index contributed by atoms with van der Waals surface area (Å²) in [5, 5.41) is 6.89. The van der Waals surface area contributed by atoms with Crippen molar-refractivity contribution in [2.24, 2.45) is 4.99 Å². The number of aromatic nitrogens is 1. The third kappa shape index (κ3) is 4.98. The number of aliphatic imine (C=N–C) groups is 1. The predicted molar refractivity (Wildman–Crippen MR) is 92.0 cm³/mol. The lowest BCUT2D eigenvalue weighted by Crippen LogP contribution is -2.49. The summed E-state index contributed by atoms with van der Waals surface area (Å²) in [4.78, 5) is 11.4. The van der Waals surface area contributed by atoms with E-state index in [0.29, 0.717) is 18.6 Å². The first kappa shape index (κ1) is 16.7. The van der Waals surface area contributed by atoms with Crippen LogP contribution in [-0.4, -0.2) is 48.1 Å². The average Bonchev–Trinajstić information content (AvgIpc) is 2.52. The highest BCUT2D eigenvalue weighted by Gasteiger charge is 2.21. The van der Waals surface area contributed by atoms with Gasteiger partial charge in [0.1, 0.15) is 0 Å². The largest absolute Gasteiger partial charge is 0.354 e. The van der Waals surface area contributed by atoms with Gasteiger partial charge in [-0.05, 0) is 45.7 Å². The summed E-state index contributed by atoms with van der Waals surface area (Å²) < 4.78 is 0. The van der Waals surface area contributed by atoms with Crippen LogP contribution < -0.4 is 10.6 Å². The van der Waals surface area contributed by atoms with Crippen LogP contribution in [0, 0.1) is 6.92 Å². The molecule has 0 radical (unpaired) electrons. The highest BCUT2D eigenvalue weighted by molar-refractivity contribution is 5.79. The molecule has 1 fully saturated rings. The number of aryl methyl sites for hydroxylation is 1. The maximum Gasteiger partial charge on any atom is 0.191 e. The molecule has 5 heteroatoms. The Hall–Kier alpha value is -1.62. The van der Waals surface area contributed by atoms with Gasteiger partial charge in [-0.15, -0.1) is 0 Å². The van der Waals surface area contributed by atoms with Crippen molar-refractivity contribution in [3.05, 3.63) is 29.6 Å². The third-order valence-electron chi connectivity index (χ3n) is 4.21. The fraction of sp³-hybridized carbons (Fsp3) is 0.647. The van der Waals surface area contributed by atoms with Crippen LogP contribution in [0.1, 0.15) is 38.1 Å². The SMILES string of the molecule is CN=C(NCc1cccc(C)n1)NC1CCN(C(C)C)CC1. The summed E-state index contributed by atoms with van der Waals surface area (Å²) in [6.45, 7) is 9.56. The lowest BCUT2D eigenvalue weighted by molar-refractivity contribution is 0.167. The Morgan fingerprint density at radius 3 is 2.68 bits per heavy atom. The molecule has 22 heavy (non-hydrogen) atoms. The zero-order valence-electron chi connectivity index (χ0n) is 14.3. The normalized spacial score (nSPS) is 17.8. The van der Waals surface area contributed by atoms with E-state index in [1.807, 2.05) is 32.2 Å². The number of hydrogen-bond donors (Lipinski definition) is 2. The van der Waals surface area contributed by atoms with E-state index in [0.717, 1.165) is 30.4 Å². The number of rotatable bonds is 4. The molecular formula is C17H29N5. The molecule has 5 nitrogen and oxygen atoms in total. The number of likely N-dealkylation sites (tertiary alicyclic amines) is 1. The predicted octanol–water partition coefficient (Wildman–Crippen LogP) is 1.93. The highest BCUT2D eigenvalue weighted by Crippen LogP contribution is 2.12. The van der Waals surface area contributed by atoms with E-state index in [1.165, 1.54) is 12.8 Å². The number of piperidine rings is 1. The second-order valence-corrected chi connectivity index (χ2v) is 6.24. The lowest BCUT2D eigenvalue weighted by Gasteiger charge is -2.35. The van der Waals surface area contributed by atoms with Gasteiger partial charge in [0.15, 0.2) is 5.96 Å². The van der Waals surface area contributed by atoms with Gasteiger partial charge in [0.2, 0.25) is 0 Å². The van der Waals surface area contributed by atoms with Crippen molar-refractivity contribution in [3.8, 4) is 0 Å². The van der Waals surface area contributed by atoms with Crippen LogP contribution in [0.25, 0.3) is 0 Å². The molecule has 1 aliphatic heterocycles. The Labute approximate surface area is 134 Å². The van der Waals surface area contributed by atoms with Gasteiger partial charge in [-0.2, -0.15) is 0 Å². The van der Waals surface area contributed by atoms with Crippen molar-refractivity contribution in [3.63, 3.8) is 0 Å². The Kier molecular flexibility index (Phi) is 6.19. The van der Waals surface area contributed by atoms with Crippen LogP contribution >= 0.6 is 0 Å². The molecule has 2 heterocycles. The molecule has 2 rings (SSSR count). The zero-order chi connectivity index (χ0) is 15.9. The maximum absolute atomic E-state index is 4.50. The topological polar surface area (TPSA) is 52.6 Å². The van der Waals surface area contributed by atoms with E-state index in [2.05, 4.69) is 39.4 Å². The van der Waals surface area contributed by atoms with Crippen LogP contribution in [0.2, 0.25) is 0 Å². The third-order valence-corrected chi connectivity index (χ3v) is 4.21. The van der Waals surface area contributed by atoms with Crippen molar-refractivity contribution >= 4 is 5.96 Å². The van der Waals surface area contributed by atoms with Crippen molar-refractivity contribution in [1.82, 2.24) is 20.5 Å². The van der Waals surface area contributed by atoms with Gasteiger partial charge in [-0.25, -0.2) is 0 Å². The minimum absolute atomic E-state index is 0.506. The molecule has 0 saturated carbocycles. The minimum Gasteiger partial charge on any atom is -0.354 e. The quantitative estimate of drug-likeness (QED) is 0.659. The Balaban J connectivity index is 1.78. The van der Waals surface area contributed by atoms with Gasteiger partial charge in [0.25, 0.3) is 0 Å². The Bertz CT molecular complexity index is 490. The van der Waals surface area contributed by atoms with Gasteiger partial charge in [-0.1, -0.05) is 6.07 Å². The Morgan fingerprint density at radius 1 is 1.36 bits per heavy atom. The van der Waals surface area contributed by atoms with Crippen LogP contribution in [0.15, 0.2) is 23.2 Å². The van der Waals surface area contributed by atoms with Crippen LogP contribution in [0.3, 0.4) is 0 Å². The molecule has 0 aliphatic carbocycles. The molecule has 0 bridgehead atoms. The van der Waals surface area contributed by atoms with E-state index >= 15 is 0 Å². The molecule has 0 aromatic carbocycles. The molecular weight excluding hydrogens is 274 g/mol. The van der Waals surface area contributed by atoms with Crippen molar-refractivity contribution in [1.29, 1.82) is 0 Å². The first-order chi connectivity index (χ1) is 10.6. The summed E-state index contributed by atoms with van der Waals surface area (Å²) in [7, 11) is 1.82. The Morgan fingerprint density at radius 2 is 2.09 bits per heavy atom.